The average molecular weight is 322 g/mol. The van der Waals surface area contributed by atoms with Crippen LogP contribution in [0.1, 0.15) is 23.6 Å². The van der Waals surface area contributed by atoms with Crippen LogP contribution in [0.25, 0.3) is 0 Å². The lowest BCUT2D eigenvalue weighted by Gasteiger charge is -2.17. The van der Waals surface area contributed by atoms with Crippen molar-refractivity contribution in [1.29, 1.82) is 0 Å². The van der Waals surface area contributed by atoms with Gasteiger partial charge in [0.2, 0.25) is 5.91 Å². The molecule has 3 nitrogen and oxygen atoms in total. The number of hydrogen-bond acceptors (Lipinski definition) is 2. The molecule has 0 fully saturated rings. The maximum Gasteiger partial charge on any atom is 0.220 e. The van der Waals surface area contributed by atoms with Gasteiger partial charge in [0.05, 0.1) is 17.7 Å². The van der Waals surface area contributed by atoms with E-state index in [2.05, 4.69) is 5.32 Å². The molecule has 0 aliphatic heterocycles. The Morgan fingerprint density at radius 1 is 1.23 bits per heavy atom. The quantitative estimate of drug-likeness (QED) is 0.858. The zero-order valence-corrected chi connectivity index (χ0v) is 12.7. The number of rotatable bonds is 6. The first-order valence-corrected chi connectivity index (χ1v) is 7.37. The van der Waals surface area contributed by atoms with Gasteiger partial charge in [-0.3, -0.25) is 4.79 Å². The summed E-state index contributed by atoms with van der Waals surface area (Å²) in [6, 6.07) is 13.2. The molecule has 0 saturated carbocycles. The van der Waals surface area contributed by atoms with Gasteiger partial charge in [0.1, 0.15) is 5.82 Å². The first-order chi connectivity index (χ1) is 10.6. The number of hydrogen-bond donors (Lipinski definition) is 2. The maximum atomic E-state index is 13.5. The van der Waals surface area contributed by atoms with Crippen molar-refractivity contribution in [2.24, 2.45) is 0 Å². The molecular formula is C17H17ClFNO2. The summed E-state index contributed by atoms with van der Waals surface area (Å²) < 4.78 is 13.5. The summed E-state index contributed by atoms with van der Waals surface area (Å²) in [5, 5.41) is 12.1. The van der Waals surface area contributed by atoms with E-state index in [4.69, 9.17) is 11.6 Å². The Morgan fingerprint density at radius 3 is 2.59 bits per heavy atom. The van der Waals surface area contributed by atoms with Gasteiger partial charge in [0.15, 0.2) is 0 Å². The largest absolute Gasteiger partial charge is 0.394 e. The van der Waals surface area contributed by atoms with Crippen LogP contribution in [0.15, 0.2) is 48.5 Å². The van der Waals surface area contributed by atoms with Gasteiger partial charge < -0.3 is 10.4 Å². The molecule has 0 heterocycles. The van der Waals surface area contributed by atoms with E-state index in [9.17, 15) is 14.3 Å². The lowest BCUT2D eigenvalue weighted by Crippen LogP contribution is -2.31. The van der Waals surface area contributed by atoms with Crippen LogP contribution in [0, 0.1) is 5.82 Å². The van der Waals surface area contributed by atoms with Crippen molar-refractivity contribution in [3.05, 3.63) is 70.5 Å². The molecule has 0 aliphatic rings. The Kier molecular flexibility index (Phi) is 5.92. The van der Waals surface area contributed by atoms with Crippen LogP contribution in [-0.4, -0.2) is 17.6 Å². The van der Waals surface area contributed by atoms with Crippen LogP contribution in [-0.2, 0) is 11.2 Å². The van der Waals surface area contributed by atoms with Crippen molar-refractivity contribution in [3.63, 3.8) is 0 Å². The Bertz CT molecular complexity index is 634. The predicted octanol–water partition coefficient (Wildman–Crippen LogP) is 3.26. The van der Waals surface area contributed by atoms with Crippen molar-refractivity contribution >= 4 is 17.5 Å². The molecule has 5 heteroatoms. The minimum atomic E-state index is -0.643. The Morgan fingerprint density at radius 2 is 1.95 bits per heavy atom. The first-order valence-electron chi connectivity index (χ1n) is 6.99. The smallest absolute Gasteiger partial charge is 0.220 e. The number of carbonyl (C=O) groups is 1. The highest BCUT2D eigenvalue weighted by Crippen LogP contribution is 2.20. The highest BCUT2D eigenvalue weighted by atomic mass is 35.5. The van der Waals surface area contributed by atoms with Gasteiger partial charge in [-0.15, -0.1) is 0 Å². The van der Waals surface area contributed by atoms with Crippen LogP contribution >= 0.6 is 11.6 Å². The van der Waals surface area contributed by atoms with E-state index in [0.29, 0.717) is 18.4 Å². The van der Waals surface area contributed by atoms with E-state index in [1.807, 2.05) is 30.3 Å². The van der Waals surface area contributed by atoms with Crippen molar-refractivity contribution in [3.8, 4) is 0 Å². The van der Waals surface area contributed by atoms with Crippen LogP contribution in [0.4, 0.5) is 4.39 Å². The number of nitrogens with one attached hydrogen (secondary N) is 1. The molecule has 0 saturated heterocycles. The van der Waals surface area contributed by atoms with Crippen molar-refractivity contribution < 1.29 is 14.3 Å². The Hall–Kier alpha value is -1.91. The second kappa shape index (κ2) is 7.92. The van der Waals surface area contributed by atoms with Crippen molar-refractivity contribution in [2.45, 2.75) is 18.9 Å². The Labute approximate surface area is 133 Å². The molecule has 2 aromatic carbocycles. The normalized spacial score (nSPS) is 12.0. The molecule has 1 atom stereocenters. The summed E-state index contributed by atoms with van der Waals surface area (Å²) in [7, 11) is 0. The van der Waals surface area contributed by atoms with E-state index in [-0.39, 0.29) is 17.5 Å². The van der Waals surface area contributed by atoms with Gasteiger partial charge in [-0.2, -0.15) is 0 Å². The Balaban J connectivity index is 1.94. The number of carbonyl (C=O) groups excluding carboxylic acids is 1. The molecule has 0 bridgehead atoms. The molecule has 116 valence electrons. The van der Waals surface area contributed by atoms with Gasteiger partial charge in [0, 0.05) is 6.42 Å². The number of aliphatic hydroxyl groups is 1. The number of halogens is 2. The van der Waals surface area contributed by atoms with Gasteiger partial charge in [-0.1, -0.05) is 48.0 Å². The van der Waals surface area contributed by atoms with E-state index >= 15 is 0 Å². The average Bonchev–Trinajstić information content (AvgIpc) is 2.54. The zero-order chi connectivity index (χ0) is 15.9. The topological polar surface area (TPSA) is 49.3 Å². The minimum Gasteiger partial charge on any atom is -0.394 e. The fraction of sp³-hybridized carbons (Fsp3) is 0.235. The highest BCUT2D eigenvalue weighted by Gasteiger charge is 2.15. The third-order valence-electron chi connectivity index (χ3n) is 3.35. The fourth-order valence-corrected chi connectivity index (χ4v) is 2.25. The second-order valence-corrected chi connectivity index (χ2v) is 5.37. The molecule has 2 aromatic rings. The van der Waals surface area contributed by atoms with Gasteiger partial charge >= 0.3 is 0 Å². The van der Waals surface area contributed by atoms with E-state index in [1.165, 1.54) is 12.1 Å². The van der Waals surface area contributed by atoms with E-state index < -0.39 is 11.9 Å². The number of aliphatic hydroxyl groups excluding tert-OH is 1. The number of aryl methyl sites for hydroxylation is 1. The summed E-state index contributed by atoms with van der Waals surface area (Å²) in [6.45, 7) is -0.307. The fourth-order valence-electron chi connectivity index (χ4n) is 2.13. The monoisotopic (exact) mass is 321 g/mol. The van der Waals surface area contributed by atoms with Gasteiger partial charge in [-0.25, -0.2) is 4.39 Å². The van der Waals surface area contributed by atoms with E-state index in [1.54, 1.807) is 6.07 Å². The second-order valence-electron chi connectivity index (χ2n) is 4.96. The lowest BCUT2D eigenvalue weighted by atomic mass is 10.1. The molecule has 22 heavy (non-hydrogen) atoms. The number of amides is 1. The van der Waals surface area contributed by atoms with Crippen LogP contribution in [0.3, 0.4) is 0 Å². The van der Waals surface area contributed by atoms with Gasteiger partial charge in [0.25, 0.3) is 0 Å². The molecule has 1 amide bonds. The van der Waals surface area contributed by atoms with Crippen molar-refractivity contribution in [1.82, 2.24) is 5.32 Å². The van der Waals surface area contributed by atoms with E-state index in [0.717, 1.165) is 5.56 Å². The summed E-state index contributed by atoms with van der Waals surface area (Å²) in [4.78, 5) is 12.0. The SMILES string of the molecule is O=C(CCc1ccccc1)NC(CO)c1ccc(Cl)c(F)c1. The third kappa shape index (κ3) is 4.55. The molecular weight excluding hydrogens is 305 g/mol. The summed E-state index contributed by atoms with van der Waals surface area (Å²) in [5.74, 6) is -0.769. The molecule has 2 rings (SSSR count). The van der Waals surface area contributed by atoms with Crippen molar-refractivity contribution in [2.75, 3.05) is 6.61 Å². The highest BCUT2D eigenvalue weighted by molar-refractivity contribution is 6.30. The predicted molar refractivity (Wildman–Crippen MR) is 84.1 cm³/mol. The summed E-state index contributed by atoms with van der Waals surface area (Å²) in [5.41, 5.74) is 1.55. The molecule has 1 unspecified atom stereocenters. The molecule has 0 spiro atoms. The molecule has 2 N–H and O–H groups in total. The molecule has 0 radical (unpaired) electrons. The molecule has 0 aliphatic carbocycles. The van der Waals surface area contributed by atoms with Crippen LogP contribution in [0.5, 0.6) is 0 Å². The minimum absolute atomic E-state index is 0.0100. The zero-order valence-electron chi connectivity index (χ0n) is 11.9. The lowest BCUT2D eigenvalue weighted by molar-refractivity contribution is -0.122. The van der Waals surface area contributed by atoms with Crippen LogP contribution < -0.4 is 5.32 Å². The first kappa shape index (κ1) is 16.5. The maximum absolute atomic E-state index is 13.5. The number of benzene rings is 2. The van der Waals surface area contributed by atoms with Gasteiger partial charge in [-0.05, 0) is 29.7 Å². The third-order valence-corrected chi connectivity index (χ3v) is 3.65. The standard InChI is InChI=1S/C17H17ClFNO2/c18-14-8-7-13(10-15(14)19)16(11-21)20-17(22)9-6-12-4-2-1-3-5-12/h1-5,7-8,10,16,21H,6,9,11H2,(H,20,22). The summed E-state index contributed by atoms with van der Waals surface area (Å²) >= 11 is 5.63. The van der Waals surface area contributed by atoms with Crippen LogP contribution in [0.2, 0.25) is 5.02 Å². The summed E-state index contributed by atoms with van der Waals surface area (Å²) in [6.07, 6.45) is 0.913. The molecule has 0 aromatic heterocycles.